The Kier molecular flexibility index (Phi) is 4.52. The van der Waals surface area contributed by atoms with Crippen molar-refractivity contribution in [3.63, 3.8) is 0 Å². The maximum Gasteiger partial charge on any atom is 0.246 e. The van der Waals surface area contributed by atoms with Gasteiger partial charge in [-0.1, -0.05) is 23.7 Å². The summed E-state index contributed by atoms with van der Waals surface area (Å²) >= 11 is 6.11. The Balaban J connectivity index is 1.77. The third kappa shape index (κ3) is 3.17. The molecule has 3 rings (SSSR count). The zero-order valence-electron chi connectivity index (χ0n) is 12.2. The summed E-state index contributed by atoms with van der Waals surface area (Å²) in [7, 11) is -3.82. The number of sulfonamides is 1. The highest BCUT2D eigenvalue weighted by atomic mass is 35.5. The van der Waals surface area contributed by atoms with Crippen molar-refractivity contribution in [2.24, 2.45) is 0 Å². The van der Waals surface area contributed by atoms with Crippen molar-refractivity contribution in [2.75, 3.05) is 31.1 Å². The van der Waals surface area contributed by atoms with Gasteiger partial charge in [0.05, 0.1) is 10.7 Å². The quantitative estimate of drug-likeness (QED) is 0.848. The Morgan fingerprint density at radius 2 is 1.78 bits per heavy atom. The van der Waals surface area contributed by atoms with Crippen LogP contribution in [0.4, 0.5) is 10.1 Å². The van der Waals surface area contributed by atoms with Gasteiger partial charge in [0, 0.05) is 38.6 Å². The zero-order valence-corrected chi connectivity index (χ0v) is 13.8. The van der Waals surface area contributed by atoms with Gasteiger partial charge in [0.1, 0.15) is 10.7 Å². The van der Waals surface area contributed by atoms with Gasteiger partial charge in [0.15, 0.2) is 0 Å². The molecule has 122 valence electrons. The van der Waals surface area contributed by atoms with Crippen LogP contribution in [0.15, 0.2) is 47.6 Å². The number of halogens is 2. The Labute approximate surface area is 139 Å². The Bertz CT molecular complexity index is 808. The fraction of sp³-hybridized carbons (Fsp3) is 0.267. The van der Waals surface area contributed by atoms with Crippen molar-refractivity contribution in [2.45, 2.75) is 4.90 Å². The first-order valence-corrected chi connectivity index (χ1v) is 8.91. The minimum absolute atomic E-state index is 0.273. The van der Waals surface area contributed by atoms with Gasteiger partial charge in [0.2, 0.25) is 10.0 Å². The molecular weight excluding hydrogens is 341 g/mol. The van der Waals surface area contributed by atoms with Crippen LogP contribution in [-0.2, 0) is 10.0 Å². The lowest BCUT2D eigenvalue weighted by Crippen LogP contribution is -2.48. The molecular formula is C15H15ClFN3O2S. The molecule has 23 heavy (non-hydrogen) atoms. The molecule has 0 unspecified atom stereocenters. The molecule has 1 aromatic carbocycles. The summed E-state index contributed by atoms with van der Waals surface area (Å²) in [5.41, 5.74) is 0.824. The second-order valence-electron chi connectivity index (χ2n) is 5.15. The standard InChI is InChI=1S/C15H15ClFN3O2S/c16-12-11-18-6-5-14(12)19-7-9-20(10-8-19)23(21,22)15-4-2-1-3-13(15)17/h1-6,11H,7-10H2. The summed E-state index contributed by atoms with van der Waals surface area (Å²) in [6.45, 7) is 1.51. The van der Waals surface area contributed by atoms with E-state index in [4.69, 9.17) is 11.6 Å². The van der Waals surface area contributed by atoms with Crippen molar-refractivity contribution in [3.8, 4) is 0 Å². The average Bonchev–Trinajstić information content (AvgIpc) is 2.56. The molecule has 1 aliphatic rings. The zero-order chi connectivity index (χ0) is 16.4. The van der Waals surface area contributed by atoms with Crippen molar-refractivity contribution in [1.82, 2.24) is 9.29 Å². The van der Waals surface area contributed by atoms with Crippen LogP contribution in [0.5, 0.6) is 0 Å². The number of pyridine rings is 1. The van der Waals surface area contributed by atoms with E-state index in [-0.39, 0.29) is 18.0 Å². The minimum Gasteiger partial charge on any atom is -0.368 e. The third-order valence-corrected chi connectivity index (χ3v) is 6.01. The molecule has 0 amide bonds. The lowest BCUT2D eigenvalue weighted by molar-refractivity contribution is 0.382. The third-order valence-electron chi connectivity index (χ3n) is 3.78. The molecule has 1 aromatic heterocycles. The number of aromatic nitrogens is 1. The predicted octanol–water partition coefficient (Wildman–Crippen LogP) is 2.39. The molecule has 1 saturated heterocycles. The molecule has 0 N–H and O–H groups in total. The number of hydrogen-bond donors (Lipinski definition) is 0. The molecule has 1 fully saturated rings. The first-order chi connectivity index (χ1) is 11.0. The van der Waals surface area contributed by atoms with Gasteiger partial charge in [0.25, 0.3) is 0 Å². The van der Waals surface area contributed by atoms with Gasteiger partial charge in [-0.15, -0.1) is 0 Å². The Morgan fingerprint density at radius 1 is 1.09 bits per heavy atom. The first-order valence-electron chi connectivity index (χ1n) is 7.09. The monoisotopic (exact) mass is 355 g/mol. The van der Waals surface area contributed by atoms with E-state index in [0.29, 0.717) is 18.1 Å². The fourth-order valence-corrected chi connectivity index (χ4v) is 4.31. The van der Waals surface area contributed by atoms with E-state index < -0.39 is 15.8 Å². The maximum atomic E-state index is 13.8. The van der Waals surface area contributed by atoms with E-state index in [0.717, 1.165) is 11.8 Å². The van der Waals surface area contributed by atoms with Crippen molar-refractivity contribution >= 4 is 27.3 Å². The highest BCUT2D eigenvalue weighted by molar-refractivity contribution is 7.89. The Morgan fingerprint density at radius 3 is 2.43 bits per heavy atom. The topological polar surface area (TPSA) is 53.5 Å². The summed E-state index contributed by atoms with van der Waals surface area (Å²) in [6, 6.07) is 7.22. The van der Waals surface area contributed by atoms with Crippen LogP contribution in [-0.4, -0.2) is 43.9 Å². The molecule has 1 aliphatic heterocycles. The van der Waals surface area contributed by atoms with Gasteiger partial charge in [-0.3, -0.25) is 4.98 Å². The van der Waals surface area contributed by atoms with E-state index in [1.165, 1.54) is 22.5 Å². The number of anilines is 1. The van der Waals surface area contributed by atoms with E-state index >= 15 is 0 Å². The van der Waals surface area contributed by atoms with Crippen LogP contribution in [0, 0.1) is 5.82 Å². The van der Waals surface area contributed by atoms with Gasteiger partial charge >= 0.3 is 0 Å². The molecule has 0 bridgehead atoms. The second kappa shape index (κ2) is 6.43. The number of nitrogens with zero attached hydrogens (tertiary/aromatic N) is 3. The Hall–Kier alpha value is -1.70. The lowest BCUT2D eigenvalue weighted by atomic mass is 10.3. The van der Waals surface area contributed by atoms with Gasteiger partial charge in [-0.25, -0.2) is 12.8 Å². The van der Waals surface area contributed by atoms with Crippen LogP contribution < -0.4 is 4.90 Å². The highest BCUT2D eigenvalue weighted by Gasteiger charge is 2.30. The largest absolute Gasteiger partial charge is 0.368 e. The summed E-state index contributed by atoms with van der Waals surface area (Å²) in [5, 5.41) is 0.526. The normalized spacial score (nSPS) is 16.5. The number of hydrogen-bond acceptors (Lipinski definition) is 4. The van der Waals surface area contributed by atoms with Crippen LogP contribution in [0.25, 0.3) is 0 Å². The average molecular weight is 356 g/mol. The molecule has 8 heteroatoms. The molecule has 0 spiro atoms. The van der Waals surface area contributed by atoms with Crippen LogP contribution >= 0.6 is 11.6 Å². The highest BCUT2D eigenvalue weighted by Crippen LogP contribution is 2.27. The van der Waals surface area contributed by atoms with Crippen molar-refractivity contribution in [3.05, 3.63) is 53.6 Å². The predicted molar refractivity (Wildman–Crippen MR) is 86.6 cm³/mol. The molecule has 5 nitrogen and oxygen atoms in total. The van der Waals surface area contributed by atoms with E-state index in [1.807, 2.05) is 4.90 Å². The summed E-state index contributed by atoms with van der Waals surface area (Å²) in [6.07, 6.45) is 3.20. The van der Waals surface area contributed by atoms with E-state index in [9.17, 15) is 12.8 Å². The molecule has 2 heterocycles. The maximum absolute atomic E-state index is 13.8. The van der Waals surface area contributed by atoms with Crippen molar-refractivity contribution in [1.29, 1.82) is 0 Å². The second-order valence-corrected chi connectivity index (χ2v) is 7.46. The van der Waals surface area contributed by atoms with E-state index in [1.54, 1.807) is 18.5 Å². The number of benzene rings is 1. The summed E-state index contributed by atoms with van der Waals surface area (Å²) in [4.78, 5) is 5.65. The first kappa shape index (κ1) is 16.2. The van der Waals surface area contributed by atoms with Gasteiger partial charge in [-0.2, -0.15) is 4.31 Å². The molecule has 0 radical (unpaired) electrons. The molecule has 0 saturated carbocycles. The van der Waals surface area contributed by atoms with Crippen LogP contribution in [0.1, 0.15) is 0 Å². The van der Waals surface area contributed by atoms with Crippen LogP contribution in [0.3, 0.4) is 0 Å². The number of rotatable bonds is 3. The van der Waals surface area contributed by atoms with E-state index in [2.05, 4.69) is 4.98 Å². The van der Waals surface area contributed by atoms with Crippen LogP contribution in [0.2, 0.25) is 5.02 Å². The van der Waals surface area contributed by atoms with Gasteiger partial charge in [-0.05, 0) is 18.2 Å². The summed E-state index contributed by atoms with van der Waals surface area (Å²) in [5.74, 6) is -0.730. The molecule has 0 aliphatic carbocycles. The molecule has 0 atom stereocenters. The molecule has 2 aromatic rings. The van der Waals surface area contributed by atoms with Crippen molar-refractivity contribution < 1.29 is 12.8 Å². The SMILES string of the molecule is O=S(=O)(c1ccccc1F)N1CCN(c2ccncc2Cl)CC1. The van der Waals surface area contributed by atoms with Gasteiger partial charge < -0.3 is 4.90 Å². The minimum atomic E-state index is -3.82. The fourth-order valence-electron chi connectivity index (χ4n) is 2.59. The lowest BCUT2D eigenvalue weighted by Gasteiger charge is -2.35. The summed E-state index contributed by atoms with van der Waals surface area (Å²) < 4.78 is 40.2. The number of piperazine rings is 1. The smallest absolute Gasteiger partial charge is 0.246 e.